The summed E-state index contributed by atoms with van der Waals surface area (Å²) in [5, 5.41) is 0. The minimum Gasteiger partial charge on any atom is -0.494 e. The van der Waals surface area contributed by atoms with Gasteiger partial charge in [-0.1, -0.05) is 32.0 Å². The van der Waals surface area contributed by atoms with E-state index in [1.54, 1.807) is 0 Å². The van der Waals surface area contributed by atoms with Gasteiger partial charge in [0.05, 0.1) is 6.61 Å². The summed E-state index contributed by atoms with van der Waals surface area (Å²) in [7, 11) is 0. The average Bonchev–Trinajstić information content (AvgIpc) is 2.70. The van der Waals surface area contributed by atoms with Crippen LogP contribution in [-0.2, 0) is 0 Å². The van der Waals surface area contributed by atoms with Crippen molar-refractivity contribution in [1.82, 2.24) is 0 Å². The van der Waals surface area contributed by atoms with E-state index < -0.39 is 0 Å². The van der Waals surface area contributed by atoms with Crippen LogP contribution in [0.25, 0.3) is 0 Å². The third kappa shape index (κ3) is 2.15. The first kappa shape index (κ1) is 10.5. The van der Waals surface area contributed by atoms with E-state index in [1.807, 2.05) is 30.3 Å². The summed E-state index contributed by atoms with van der Waals surface area (Å²) in [5.74, 6) is 1.57. The van der Waals surface area contributed by atoms with Gasteiger partial charge in [0.15, 0.2) is 0 Å². The van der Waals surface area contributed by atoms with Crippen molar-refractivity contribution >= 4 is 0 Å². The Labute approximate surface area is 91.4 Å². The number of hydrogen-bond donors (Lipinski definition) is 1. The van der Waals surface area contributed by atoms with Crippen molar-refractivity contribution in [2.45, 2.75) is 26.3 Å². The molecule has 1 fully saturated rings. The molecule has 1 aliphatic rings. The summed E-state index contributed by atoms with van der Waals surface area (Å²) in [5.41, 5.74) is 6.29. The summed E-state index contributed by atoms with van der Waals surface area (Å²) in [6.07, 6.45) is 1.06. The van der Waals surface area contributed by atoms with Crippen LogP contribution in [0.2, 0.25) is 0 Å². The molecule has 2 unspecified atom stereocenters. The molecule has 0 aromatic heterocycles. The number of nitrogens with two attached hydrogens (primary N) is 1. The van der Waals surface area contributed by atoms with Gasteiger partial charge in [-0.3, -0.25) is 0 Å². The molecule has 1 saturated carbocycles. The zero-order valence-electron chi connectivity index (χ0n) is 9.44. The van der Waals surface area contributed by atoms with E-state index in [9.17, 15) is 0 Å². The van der Waals surface area contributed by atoms with Crippen LogP contribution in [-0.4, -0.2) is 12.6 Å². The third-order valence-corrected chi connectivity index (χ3v) is 3.58. The van der Waals surface area contributed by atoms with Gasteiger partial charge >= 0.3 is 0 Å². The molecule has 0 amide bonds. The van der Waals surface area contributed by atoms with E-state index in [4.69, 9.17) is 10.5 Å². The molecule has 1 aliphatic carbocycles. The molecule has 2 heteroatoms. The molecule has 1 aromatic rings. The van der Waals surface area contributed by atoms with Crippen LogP contribution in [0, 0.1) is 11.3 Å². The fourth-order valence-electron chi connectivity index (χ4n) is 2.16. The fraction of sp³-hybridized carbons (Fsp3) is 0.538. The lowest BCUT2D eigenvalue weighted by Gasteiger charge is -2.06. The van der Waals surface area contributed by atoms with Gasteiger partial charge in [0.25, 0.3) is 0 Å². The lowest BCUT2D eigenvalue weighted by Crippen LogP contribution is -2.07. The molecule has 1 aromatic carbocycles. The smallest absolute Gasteiger partial charge is 0.119 e. The lowest BCUT2D eigenvalue weighted by atomic mass is 10.1. The molecular formula is C13H19NO. The molecule has 2 nitrogen and oxygen atoms in total. The average molecular weight is 205 g/mol. The van der Waals surface area contributed by atoms with E-state index >= 15 is 0 Å². The standard InChI is InChI=1S/C13H19NO/c1-13(2)11(12(13)14)8-9-15-10-6-4-3-5-7-10/h3-7,11-12H,8-9,14H2,1-2H3. The number of benzene rings is 1. The van der Waals surface area contributed by atoms with E-state index in [1.165, 1.54) is 0 Å². The van der Waals surface area contributed by atoms with Gasteiger partial charge in [0, 0.05) is 6.04 Å². The summed E-state index contributed by atoms with van der Waals surface area (Å²) >= 11 is 0. The van der Waals surface area contributed by atoms with Crippen LogP contribution < -0.4 is 10.5 Å². The Hall–Kier alpha value is -1.02. The van der Waals surface area contributed by atoms with Crippen molar-refractivity contribution in [2.24, 2.45) is 17.1 Å². The second kappa shape index (κ2) is 3.86. The SMILES string of the molecule is CC1(C)C(N)C1CCOc1ccccc1. The van der Waals surface area contributed by atoms with Gasteiger partial charge in [-0.25, -0.2) is 0 Å². The Bertz CT molecular complexity index is 321. The summed E-state index contributed by atoms with van der Waals surface area (Å²) in [4.78, 5) is 0. The van der Waals surface area contributed by atoms with Crippen molar-refractivity contribution in [3.05, 3.63) is 30.3 Å². The topological polar surface area (TPSA) is 35.2 Å². The Balaban J connectivity index is 1.73. The highest BCUT2D eigenvalue weighted by atomic mass is 16.5. The molecule has 0 spiro atoms. The Morgan fingerprint density at radius 1 is 1.27 bits per heavy atom. The Morgan fingerprint density at radius 3 is 2.40 bits per heavy atom. The van der Waals surface area contributed by atoms with Crippen molar-refractivity contribution in [1.29, 1.82) is 0 Å². The molecule has 82 valence electrons. The van der Waals surface area contributed by atoms with Crippen LogP contribution in [0.15, 0.2) is 30.3 Å². The summed E-state index contributed by atoms with van der Waals surface area (Å²) in [6, 6.07) is 10.3. The minimum absolute atomic E-state index is 0.319. The highest BCUT2D eigenvalue weighted by Gasteiger charge is 2.54. The molecule has 0 aliphatic heterocycles. The van der Waals surface area contributed by atoms with Crippen LogP contribution >= 0.6 is 0 Å². The van der Waals surface area contributed by atoms with Crippen LogP contribution in [0.5, 0.6) is 5.75 Å². The Morgan fingerprint density at radius 2 is 1.87 bits per heavy atom. The zero-order valence-corrected chi connectivity index (χ0v) is 9.44. The van der Waals surface area contributed by atoms with Crippen molar-refractivity contribution in [2.75, 3.05) is 6.61 Å². The number of rotatable bonds is 4. The van der Waals surface area contributed by atoms with Crippen LogP contribution in [0.1, 0.15) is 20.3 Å². The molecule has 2 rings (SSSR count). The molecule has 2 atom stereocenters. The third-order valence-electron chi connectivity index (χ3n) is 3.58. The van der Waals surface area contributed by atoms with Gasteiger partial charge < -0.3 is 10.5 Å². The first-order chi connectivity index (χ1) is 7.12. The quantitative estimate of drug-likeness (QED) is 0.819. The fourth-order valence-corrected chi connectivity index (χ4v) is 2.16. The summed E-state index contributed by atoms with van der Waals surface area (Å²) in [6.45, 7) is 5.22. The molecule has 0 radical (unpaired) electrons. The summed E-state index contributed by atoms with van der Waals surface area (Å²) < 4.78 is 5.64. The number of para-hydroxylation sites is 1. The minimum atomic E-state index is 0.319. The second-order valence-corrected chi connectivity index (χ2v) is 4.90. The largest absolute Gasteiger partial charge is 0.494 e. The van der Waals surface area contributed by atoms with Gasteiger partial charge in [0.2, 0.25) is 0 Å². The molecule has 0 saturated heterocycles. The van der Waals surface area contributed by atoms with Crippen molar-refractivity contribution < 1.29 is 4.74 Å². The van der Waals surface area contributed by atoms with E-state index in [0.29, 0.717) is 17.4 Å². The van der Waals surface area contributed by atoms with E-state index in [2.05, 4.69) is 13.8 Å². The molecule has 0 bridgehead atoms. The highest BCUT2D eigenvalue weighted by Crippen LogP contribution is 2.52. The van der Waals surface area contributed by atoms with Gasteiger partial charge in [-0.05, 0) is 29.9 Å². The highest BCUT2D eigenvalue weighted by molar-refractivity contribution is 5.21. The lowest BCUT2D eigenvalue weighted by molar-refractivity contribution is 0.293. The molecule has 2 N–H and O–H groups in total. The maximum absolute atomic E-state index is 5.97. The monoisotopic (exact) mass is 205 g/mol. The van der Waals surface area contributed by atoms with Gasteiger partial charge in [-0.15, -0.1) is 0 Å². The first-order valence-electron chi connectivity index (χ1n) is 5.56. The predicted octanol–water partition coefficient (Wildman–Crippen LogP) is 2.44. The van der Waals surface area contributed by atoms with Crippen molar-refractivity contribution in [3.63, 3.8) is 0 Å². The van der Waals surface area contributed by atoms with Gasteiger partial charge in [-0.2, -0.15) is 0 Å². The van der Waals surface area contributed by atoms with Crippen LogP contribution in [0.3, 0.4) is 0 Å². The van der Waals surface area contributed by atoms with Crippen LogP contribution in [0.4, 0.5) is 0 Å². The normalized spacial score (nSPS) is 27.4. The van der Waals surface area contributed by atoms with E-state index in [0.717, 1.165) is 18.8 Å². The molecule has 15 heavy (non-hydrogen) atoms. The maximum Gasteiger partial charge on any atom is 0.119 e. The van der Waals surface area contributed by atoms with E-state index in [-0.39, 0.29) is 0 Å². The number of ether oxygens (including phenoxy) is 1. The number of hydrogen-bond acceptors (Lipinski definition) is 2. The predicted molar refractivity (Wildman–Crippen MR) is 61.8 cm³/mol. The Kier molecular flexibility index (Phi) is 2.70. The zero-order chi connectivity index (χ0) is 10.9. The molecular weight excluding hydrogens is 186 g/mol. The molecule has 0 heterocycles. The van der Waals surface area contributed by atoms with Crippen molar-refractivity contribution in [3.8, 4) is 5.75 Å². The first-order valence-corrected chi connectivity index (χ1v) is 5.56. The second-order valence-electron chi connectivity index (χ2n) is 4.90. The van der Waals surface area contributed by atoms with Gasteiger partial charge in [0.1, 0.15) is 5.75 Å². The maximum atomic E-state index is 5.97.